The van der Waals surface area contributed by atoms with Gasteiger partial charge in [0.1, 0.15) is 0 Å². The zero-order chi connectivity index (χ0) is 21.5. The molecule has 3 aromatic rings. The van der Waals surface area contributed by atoms with Crippen LogP contribution in [0.15, 0.2) is 51.8 Å². The van der Waals surface area contributed by atoms with Gasteiger partial charge in [-0.2, -0.15) is 0 Å². The number of rotatable bonds is 9. The van der Waals surface area contributed by atoms with Crippen LogP contribution in [0.25, 0.3) is 11.5 Å². The van der Waals surface area contributed by atoms with Crippen molar-refractivity contribution in [3.63, 3.8) is 0 Å². The highest BCUT2D eigenvalue weighted by Crippen LogP contribution is 2.26. The molecule has 0 aliphatic carbocycles. The Bertz CT molecular complexity index is 1060. The van der Waals surface area contributed by atoms with Gasteiger partial charge in [0, 0.05) is 32.5 Å². The monoisotopic (exact) mass is 430 g/mol. The number of aromatic nitrogens is 3. The molecular weight excluding hydrogens is 408 g/mol. The predicted molar refractivity (Wildman–Crippen MR) is 112 cm³/mol. The van der Waals surface area contributed by atoms with E-state index in [4.69, 9.17) is 20.8 Å². The smallest absolute Gasteiger partial charge is 0.255 e. The molecule has 158 valence electrons. The Hall–Kier alpha value is -2.97. The quantitative estimate of drug-likeness (QED) is 0.517. The lowest BCUT2D eigenvalue weighted by Crippen LogP contribution is -2.33. The summed E-state index contributed by atoms with van der Waals surface area (Å²) in [5, 5.41) is 8.62. The first-order valence-electron chi connectivity index (χ1n) is 9.59. The zero-order valence-corrected chi connectivity index (χ0v) is 17.6. The summed E-state index contributed by atoms with van der Waals surface area (Å²) in [6, 6.07) is 10.1. The lowest BCUT2D eigenvalue weighted by atomic mass is 10.2. The molecule has 0 saturated carbocycles. The van der Waals surface area contributed by atoms with Gasteiger partial charge in [0.15, 0.2) is 0 Å². The molecule has 0 atom stereocenters. The van der Waals surface area contributed by atoms with Crippen molar-refractivity contribution in [3.8, 4) is 11.5 Å². The summed E-state index contributed by atoms with van der Waals surface area (Å²) in [5.41, 5.74) is 0.855. The third kappa shape index (κ3) is 5.14. The number of halogens is 1. The van der Waals surface area contributed by atoms with Crippen molar-refractivity contribution >= 4 is 17.5 Å². The Balaban J connectivity index is 1.80. The molecule has 0 bridgehead atoms. The van der Waals surface area contributed by atoms with E-state index in [-0.39, 0.29) is 18.0 Å². The van der Waals surface area contributed by atoms with Crippen LogP contribution < -0.4 is 5.56 Å². The molecule has 1 aromatic carbocycles. The number of benzene rings is 1. The average molecular weight is 431 g/mol. The van der Waals surface area contributed by atoms with Gasteiger partial charge in [-0.05, 0) is 24.6 Å². The number of pyridine rings is 1. The normalized spacial score (nSPS) is 10.9. The third-order valence-corrected chi connectivity index (χ3v) is 4.77. The Kier molecular flexibility index (Phi) is 7.37. The number of methoxy groups -OCH3 is 1. The Labute approximate surface area is 179 Å². The number of ether oxygens (including phenoxy) is 1. The van der Waals surface area contributed by atoms with Crippen molar-refractivity contribution in [2.24, 2.45) is 0 Å². The first kappa shape index (κ1) is 21.7. The molecule has 0 radical (unpaired) electrons. The van der Waals surface area contributed by atoms with Gasteiger partial charge >= 0.3 is 0 Å². The molecule has 2 heterocycles. The summed E-state index contributed by atoms with van der Waals surface area (Å²) in [7, 11) is 1.56. The number of hydrogen-bond donors (Lipinski definition) is 0. The van der Waals surface area contributed by atoms with Crippen molar-refractivity contribution in [1.82, 2.24) is 19.7 Å². The van der Waals surface area contributed by atoms with Gasteiger partial charge in [-0.1, -0.05) is 30.7 Å². The molecule has 0 fully saturated rings. The van der Waals surface area contributed by atoms with E-state index in [1.807, 2.05) is 19.1 Å². The second kappa shape index (κ2) is 10.2. The van der Waals surface area contributed by atoms with E-state index in [1.165, 1.54) is 16.7 Å². The third-order valence-electron chi connectivity index (χ3n) is 4.44. The van der Waals surface area contributed by atoms with Gasteiger partial charge in [-0.3, -0.25) is 9.59 Å². The summed E-state index contributed by atoms with van der Waals surface area (Å²) < 4.78 is 12.2. The highest BCUT2D eigenvalue weighted by molar-refractivity contribution is 6.33. The SMILES string of the molecule is CCCN(Cc1nnc(-c2ccccc2Cl)o1)C(=O)c1ccc(=O)n(CCOC)c1. The highest BCUT2D eigenvalue weighted by atomic mass is 35.5. The minimum atomic E-state index is -0.222. The predicted octanol–water partition coefficient (Wildman–Crippen LogP) is 3.25. The van der Waals surface area contributed by atoms with Crippen LogP contribution in [-0.2, 0) is 17.8 Å². The minimum Gasteiger partial charge on any atom is -0.419 e. The van der Waals surface area contributed by atoms with Crippen molar-refractivity contribution in [1.29, 1.82) is 0 Å². The molecule has 0 unspecified atom stereocenters. The number of carbonyl (C=O) groups is 1. The van der Waals surface area contributed by atoms with E-state index in [2.05, 4.69) is 10.2 Å². The molecule has 2 aromatic heterocycles. The molecule has 9 heteroatoms. The Morgan fingerprint density at radius 2 is 2.03 bits per heavy atom. The standard InChI is InChI=1S/C21H23ClN4O4/c1-3-10-26(21(28)15-8-9-19(27)25(13-15)11-12-29-2)14-18-23-24-20(30-18)16-6-4-5-7-17(16)22/h4-9,13H,3,10-12,14H2,1-2H3. The average Bonchev–Trinajstić information content (AvgIpc) is 3.21. The van der Waals surface area contributed by atoms with Gasteiger partial charge < -0.3 is 18.6 Å². The van der Waals surface area contributed by atoms with Crippen LogP contribution >= 0.6 is 11.6 Å². The molecular formula is C21H23ClN4O4. The van der Waals surface area contributed by atoms with Crippen molar-refractivity contribution < 1.29 is 13.9 Å². The Morgan fingerprint density at radius 1 is 1.23 bits per heavy atom. The van der Waals surface area contributed by atoms with Crippen LogP contribution in [0.2, 0.25) is 5.02 Å². The maximum absolute atomic E-state index is 13.1. The first-order chi connectivity index (χ1) is 14.5. The van der Waals surface area contributed by atoms with Crippen LogP contribution in [-0.4, -0.2) is 45.8 Å². The van der Waals surface area contributed by atoms with Crippen LogP contribution in [0, 0.1) is 0 Å². The fourth-order valence-corrected chi connectivity index (χ4v) is 3.17. The van der Waals surface area contributed by atoms with Crippen LogP contribution in [0.4, 0.5) is 0 Å². The van der Waals surface area contributed by atoms with Gasteiger partial charge in [0.05, 0.1) is 29.3 Å². The maximum atomic E-state index is 13.1. The minimum absolute atomic E-state index is 0.154. The van der Waals surface area contributed by atoms with Gasteiger partial charge in [-0.15, -0.1) is 10.2 Å². The number of hydrogen-bond acceptors (Lipinski definition) is 6. The summed E-state index contributed by atoms with van der Waals surface area (Å²) >= 11 is 6.19. The van der Waals surface area contributed by atoms with Crippen molar-refractivity contribution in [3.05, 3.63) is 69.4 Å². The van der Waals surface area contributed by atoms with E-state index < -0.39 is 0 Å². The van der Waals surface area contributed by atoms with Crippen LogP contribution in [0.3, 0.4) is 0 Å². The maximum Gasteiger partial charge on any atom is 0.255 e. The van der Waals surface area contributed by atoms with Gasteiger partial charge in [0.25, 0.3) is 11.5 Å². The molecule has 3 rings (SSSR count). The molecule has 0 aliphatic heterocycles. The van der Waals surface area contributed by atoms with Crippen LogP contribution in [0.5, 0.6) is 0 Å². The molecule has 0 spiro atoms. The van der Waals surface area contributed by atoms with Crippen molar-refractivity contribution in [2.75, 3.05) is 20.3 Å². The fourth-order valence-electron chi connectivity index (χ4n) is 2.95. The lowest BCUT2D eigenvalue weighted by molar-refractivity contribution is 0.0727. The van der Waals surface area contributed by atoms with Crippen LogP contribution in [0.1, 0.15) is 29.6 Å². The number of nitrogens with zero attached hydrogens (tertiary/aromatic N) is 4. The molecule has 0 saturated heterocycles. The molecule has 30 heavy (non-hydrogen) atoms. The van der Waals surface area contributed by atoms with E-state index in [0.717, 1.165) is 6.42 Å². The molecule has 1 amide bonds. The summed E-state index contributed by atoms with van der Waals surface area (Å²) in [5.74, 6) is 0.382. The lowest BCUT2D eigenvalue weighted by Gasteiger charge is -2.20. The summed E-state index contributed by atoms with van der Waals surface area (Å²) in [6.07, 6.45) is 2.30. The first-order valence-corrected chi connectivity index (χ1v) is 9.97. The molecule has 8 nitrogen and oxygen atoms in total. The van der Waals surface area contributed by atoms with Gasteiger partial charge in [0.2, 0.25) is 11.8 Å². The molecule has 0 N–H and O–H groups in total. The summed E-state index contributed by atoms with van der Waals surface area (Å²) in [6.45, 7) is 3.38. The topological polar surface area (TPSA) is 90.5 Å². The van der Waals surface area contributed by atoms with E-state index >= 15 is 0 Å². The molecule has 0 aliphatic rings. The summed E-state index contributed by atoms with van der Waals surface area (Å²) in [4.78, 5) is 26.7. The van der Waals surface area contributed by atoms with E-state index in [1.54, 1.807) is 30.3 Å². The highest BCUT2D eigenvalue weighted by Gasteiger charge is 2.20. The Morgan fingerprint density at radius 3 is 2.77 bits per heavy atom. The second-order valence-corrected chi connectivity index (χ2v) is 7.06. The number of carbonyl (C=O) groups excluding carboxylic acids is 1. The largest absolute Gasteiger partial charge is 0.419 e. The van der Waals surface area contributed by atoms with Crippen molar-refractivity contribution in [2.45, 2.75) is 26.4 Å². The fraction of sp³-hybridized carbons (Fsp3) is 0.333. The number of amides is 1. The van der Waals surface area contributed by atoms with E-state index in [9.17, 15) is 9.59 Å². The van der Waals surface area contributed by atoms with Gasteiger partial charge in [-0.25, -0.2) is 0 Å². The zero-order valence-electron chi connectivity index (χ0n) is 16.9. The second-order valence-electron chi connectivity index (χ2n) is 6.65. The van der Waals surface area contributed by atoms with E-state index in [0.29, 0.717) is 47.6 Å².